The van der Waals surface area contributed by atoms with Crippen LogP contribution >= 0.6 is 0 Å². The molecule has 1 aromatic heterocycles. The molecule has 28 heavy (non-hydrogen) atoms. The zero-order valence-electron chi connectivity index (χ0n) is 15.8. The second-order valence-corrected chi connectivity index (χ2v) is 7.41. The number of carboxylic acids is 1. The van der Waals surface area contributed by atoms with E-state index in [0.717, 1.165) is 22.3 Å². The summed E-state index contributed by atoms with van der Waals surface area (Å²) in [5, 5.41) is 14.6. The third kappa shape index (κ3) is 3.93. The van der Waals surface area contributed by atoms with E-state index in [0.29, 0.717) is 18.2 Å². The van der Waals surface area contributed by atoms with Gasteiger partial charge >= 0.3 is 5.97 Å². The number of benzene rings is 2. The van der Waals surface area contributed by atoms with E-state index in [1.165, 1.54) is 31.2 Å². The summed E-state index contributed by atoms with van der Waals surface area (Å²) in [5.74, 6) is -0.131. The molecule has 1 N–H and O–H groups in total. The smallest absolute Gasteiger partial charge is 0.307 e. The van der Waals surface area contributed by atoms with Crippen molar-refractivity contribution in [2.24, 2.45) is 0 Å². The Balaban J connectivity index is 1.44. The number of carboxylic acid groups (broad SMARTS) is 1. The molecule has 5 nitrogen and oxygen atoms in total. The maximum absolute atomic E-state index is 10.8. The van der Waals surface area contributed by atoms with Gasteiger partial charge in [-0.2, -0.15) is 5.10 Å². The van der Waals surface area contributed by atoms with Crippen molar-refractivity contribution in [2.45, 2.75) is 44.8 Å². The molecule has 0 bridgehead atoms. The lowest BCUT2D eigenvalue weighted by Crippen LogP contribution is -2.06. The number of hydrogen-bond acceptors (Lipinski definition) is 3. The Morgan fingerprint density at radius 2 is 1.93 bits per heavy atom. The molecule has 0 aliphatic heterocycles. The minimum absolute atomic E-state index is 0.0606. The summed E-state index contributed by atoms with van der Waals surface area (Å²) >= 11 is 0. The molecular formula is C23H24N2O3. The van der Waals surface area contributed by atoms with Crippen molar-refractivity contribution < 1.29 is 14.6 Å². The molecule has 0 spiro atoms. The highest BCUT2D eigenvalue weighted by molar-refractivity contribution is 5.83. The molecular weight excluding hydrogens is 352 g/mol. The van der Waals surface area contributed by atoms with Gasteiger partial charge in [0.15, 0.2) is 0 Å². The number of aliphatic carboxylic acids is 1. The molecule has 0 unspecified atom stereocenters. The fourth-order valence-electron chi connectivity index (χ4n) is 3.85. The van der Waals surface area contributed by atoms with Crippen LogP contribution in [0.4, 0.5) is 0 Å². The zero-order chi connectivity index (χ0) is 19.5. The van der Waals surface area contributed by atoms with Crippen LogP contribution in [-0.4, -0.2) is 20.9 Å². The lowest BCUT2D eigenvalue weighted by Gasteiger charge is -2.12. The lowest BCUT2D eigenvalue weighted by atomic mass is 10.0. The fourth-order valence-corrected chi connectivity index (χ4v) is 3.85. The number of ether oxygens (including phenoxy) is 1. The molecule has 0 saturated heterocycles. The van der Waals surface area contributed by atoms with Gasteiger partial charge in [-0.3, -0.25) is 9.48 Å². The van der Waals surface area contributed by atoms with Crippen LogP contribution in [-0.2, 0) is 11.4 Å². The molecule has 144 valence electrons. The highest BCUT2D eigenvalue weighted by atomic mass is 16.5. The number of fused-ring (bicyclic) bond motifs is 1. The Morgan fingerprint density at radius 1 is 1.18 bits per heavy atom. The van der Waals surface area contributed by atoms with Gasteiger partial charge in [0, 0.05) is 5.39 Å². The monoisotopic (exact) mass is 376 g/mol. The van der Waals surface area contributed by atoms with E-state index in [9.17, 15) is 4.79 Å². The third-order valence-electron chi connectivity index (χ3n) is 5.37. The highest BCUT2D eigenvalue weighted by Crippen LogP contribution is 2.32. The molecule has 1 fully saturated rings. The van der Waals surface area contributed by atoms with E-state index in [4.69, 9.17) is 9.84 Å². The van der Waals surface area contributed by atoms with E-state index >= 15 is 0 Å². The number of carbonyl (C=O) groups is 1. The number of hydrogen-bond donors (Lipinski definition) is 1. The summed E-state index contributed by atoms with van der Waals surface area (Å²) in [6.45, 7) is 4.30. The number of nitrogens with zero attached hydrogens (tertiary/aromatic N) is 2. The van der Waals surface area contributed by atoms with Gasteiger partial charge < -0.3 is 9.84 Å². The Bertz CT molecular complexity index is 998. The van der Waals surface area contributed by atoms with Gasteiger partial charge in [0.05, 0.1) is 24.2 Å². The summed E-state index contributed by atoms with van der Waals surface area (Å²) in [6, 6.07) is 14.3. The van der Waals surface area contributed by atoms with Crippen molar-refractivity contribution in [1.29, 1.82) is 0 Å². The van der Waals surface area contributed by atoms with E-state index in [2.05, 4.69) is 34.6 Å². The molecule has 0 atom stereocenters. The highest BCUT2D eigenvalue weighted by Gasteiger charge is 2.19. The molecule has 5 heteroatoms. The van der Waals surface area contributed by atoms with Crippen molar-refractivity contribution in [2.75, 3.05) is 0 Å². The van der Waals surface area contributed by atoms with Crippen LogP contribution in [0.25, 0.3) is 16.5 Å². The van der Waals surface area contributed by atoms with Crippen molar-refractivity contribution in [3.05, 3.63) is 66.4 Å². The molecule has 4 rings (SSSR count). The SMILES string of the molecule is C=C(CC(=O)O)c1ccc(OCc2ccc3cnn(C4CCCC4)c3c2)cc1. The topological polar surface area (TPSA) is 64.3 Å². The molecule has 1 aliphatic carbocycles. The van der Waals surface area contributed by atoms with E-state index in [1.54, 1.807) is 0 Å². The second-order valence-electron chi connectivity index (χ2n) is 7.41. The summed E-state index contributed by atoms with van der Waals surface area (Å²) in [5.41, 5.74) is 3.68. The third-order valence-corrected chi connectivity index (χ3v) is 5.37. The Morgan fingerprint density at radius 3 is 2.64 bits per heavy atom. The van der Waals surface area contributed by atoms with E-state index in [-0.39, 0.29) is 6.42 Å². The van der Waals surface area contributed by atoms with Gasteiger partial charge in [-0.05, 0) is 47.7 Å². The maximum Gasteiger partial charge on any atom is 0.307 e. The van der Waals surface area contributed by atoms with Gasteiger partial charge in [0.1, 0.15) is 12.4 Å². The average molecular weight is 376 g/mol. The molecule has 1 saturated carbocycles. The first-order valence-corrected chi connectivity index (χ1v) is 9.69. The maximum atomic E-state index is 10.8. The first-order valence-electron chi connectivity index (χ1n) is 9.69. The first kappa shape index (κ1) is 18.3. The molecule has 2 aromatic carbocycles. The minimum atomic E-state index is -0.877. The quantitative estimate of drug-likeness (QED) is 0.614. The number of aromatic nitrogens is 2. The van der Waals surface area contributed by atoms with Crippen LogP contribution in [0.15, 0.2) is 55.2 Å². The van der Waals surface area contributed by atoms with Crippen molar-refractivity contribution in [1.82, 2.24) is 9.78 Å². The normalized spacial score (nSPS) is 14.4. The van der Waals surface area contributed by atoms with E-state index < -0.39 is 5.97 Å². The van der Waals surface area contributed by atoms with Crippen LogP contribution in [0.5, 0.6) is 5.75 Å². The van der Waals surface area contributed by atoms with Crippen LogP contribution in [0.3, 0.4) is 0 Å². The molecule has 0 radical (unpaired) electrons. The van der Waals surface area contributed by atoms with Crippen LogP contribution in [0.2, 0.25) is 0 Å². The predicted octanol–water partition coefficient (Wildman–Crippen LogP) is 5.22. The fraction of sp³-hybridized carbons (Fsp3) is 0.304. The molecule has 1 aliphatic rings. The Labute approximate surface area is 164 Å². The lowest BCUT2D eigenvalue weighted by molar-refractivity contribution is -0.135. The van der Waals surface area contributed by atoms with Crippen molar-refractivity contribution >= 4 is 22.4 Å². The van der Waals surface area contributed by atoms with Gasteiger partial charge in [-0.15, -0.1) is 0 Å². The Hall–Kier alpha value is -3.08. The molecule has 1 heterocycles. The largest absolute Gasteiger partial charge is 0.489 e. The zero-order valence-corrected chi connectivity index (χ0v) is 15.8. The predicted molar refractivity (Wildman–Crippen MR) is 109 cm³/mol. The minimum Gasteiger partial charge on any atom is -0.489 e. The van der Waals surface area contributed by atoms with Gasteiger partial charge in [0.2, 0.25) is 0 Å². The Kier molecular flexibility index (Phi) is 5.15. The van der Waals surface area contributed by atoms with Gasteiger partial charge in [-0.1, -0.05) is 43.7 Å². The standard InChI is InChI=1S/C23H24N2O3/c1-16(12-23(26)27)18-8-10-21(11-9-18)28-15-17-6-7-19-14-24-25(22(19)13-17)20-4-2-3-5-20/h6-11,13-14,20H,1-5,12,15H2,(H,26,27). The van der Waals surface area contributed by atoms with Crippen molar-refractivity contribution in [3.8, 4) is 5.75 Å². The van der Waals surface area contributed by atoms with Crippen LogP contribution < -0.4 is 4.74 Å². The summed E-state index contributed by atoms with van der Waals surface area (Å²) in [4.78, 5) is 10.8. The summed E-state index contributed by atoms with van der Waals surface area (Å²) in [7, 11) is 0. The first-order chi connectivity index (χ1) is 13.6. The summed E-state index contributed by atoms with van der Waals surface area (Å²) < 4.78 is 8.10. The van der Waals surface area contributed by atoms with Gasteiger partial charge in [-0.25, -0.2) is 0 Å². The average Bonchev–Trinajstić information content (AvgIpc) is 3.35. The van der Waals surface area contributed by atoms with Crippen LogP contribution in [0, 0.1) is 0 Å². The van der Waals surface area contributed by atoms with Crippen molar-refractivity contribution in [3.63, 3.8) is 0 Å². The number of rotatable bonds is 7. The summed E-state index contributed by atoms with van der Waals surface area (Å²) in [6.07, 6.45) is 6.86. The van der Waals surface area contributed by atoms with E-state index in [1.807, 2.05) is 30.5 Å². The van der Waals surface area contributed by atoms with Crippen LogP contribution in [0.1, 0.15) is 49.3 Å². The second kappa shape index (κ2) is 7.89. The van der Waals surface area contributed by atoms with Gasteiger partial charge in [0.25, 0.3) is 0 Å². The molecule has 3 aromatic rings. The molecule has 0 amide bonds.